The summed E-state index contributed by atoms with van der Waals surface area (Å²) in [5.74, 6) is -0.401. The molecule has 2 fully saturated rings. The van der Waals surface area contributed by atoms with E-state index >= 15 is 4.39 Å². The Hall–Kier alpha value is -2.77. The van der Waals surface area contributed by atoms with E-state index in [4.69, 9.17) is 0 Å². The first-order valence-corrected chi connectivity index (χ1v) is 13.1. The average molecular weight is 495 g/mol. The molecule has 0 saturated carbocycles. The molecule has 2 aliphatic rings. The molecule has 0 aromatic heterocycles. The number of Topliss-reactive ketones (excluding diaryl/α,β-unsaturated/α-hetero) is 1. The molecule has 2 unspecified atom stereocenters. The van der Waals surface area contributed by atoms with Crippen LogP contribution in [0.5, 0.6) is 0 Å². The van der Waals surface area contributed by atoms with E-state index in [1.807, 2.05) is 36.4 Å². The standard InChI is InChI=1S/C29H39FN4O2/c1-21(2)34(22(3)4)26(19-25(30)27(35)23-11-7-5-8-12-23)32-17-15-29(16-18-32)28(36)31-20-33(29)24-13-9-6-10-14-24/h5-14,21-22,25-26H,15-20H2,1-4H3,(H,31,36). The summed E-state index contributed by atoms with van der Waals surface area (Å²) >= 11 is 0. The summed E-state index contributed by atoms with van der Waals surface area (Å²) in [5.41, 5.74) is 0.838. The van der Waals surface area contributed by atoms with Crippen LogP contribution in [0.15, 0.2) is 60.7 Å². The van der Waals surface area contributed by atoms with E-state index in [9.17, 15) is 9.59 Å². The van der Waals surface area contributed by atoms with Crippen molar-refractivity contribution in [1.29, 1.82) is 0 Å². The van der Waals surface area contributed by atoms with Crippen molar-refractivity contribution >= 4 is 17.4 Å². The first kappa shape index (κ1) is 26.3. The number of para-hydroxylation sites is 1. The number of anilines is 1. The van der Waals surface area contributed by atoms with Gasteiger partial charge in [0.2, 0.25) is 5.91 Å². The van der Waals surface area contributed by atoms with Gasteiger partial charge in [-0.15, -0.1) is 0 Å². The predicted octanol–water partition coefficient (Wildman–Crippen LogP) is 4.47. The normalized spacial score (nSPS) is 19.8. The molecule has 6 nitrogen and oxygen atoms in total. The number of benzene rings is 2. The highest BCUT2D eigenvalue weighted by Gasteiger charge is 2.51. The van der Waals surface area contributed by atoms with Gasteiger partial charge >= 0.3 is 0 Å². The third-order valence-corrected chi connectivity index (χ3v) is 7.75. The van der Waals surface area contributed by atoms with E-state index in [-0.39, 0.29) is 30.6 Å². The highest BCUT2D eigenvalue weighted by atomic mass is 19.1. The molecule has 0 radical (unpaired) electrons. The van der Waals surface area contributed by atoms with Crippen LogP contribution in [0, 0.1) is 0 Å². The second-order valence-electron chi connectivity index (χ2n) is 10.5. The Bertz CT molecular complexity index is 1010. The van der Waals surface area contributed by atoms with Crippen LogP contribution >= 0.6 is 0 Å². The molecule has 1 amide bonds. The number of likely N-dealkylation sites (tertiary alicyclic amines) is 1. The molecule has 2 aromatic carbocycles. The van der Waals surface area contributed by atoms with E-state index in [1.54, 1.807) is 24.3 Å². The maximum absolute atomic E-state index is 15.5. The molecule has 0 aliphatic carbocycles. The summed E-state index contributed by atoms with van der Waals surface area (Å²) in [7, 11) is 0. The van der Waals surface area contributed by atoms with E-state index in [2.05, 4.69) is 47.7 Å². The van der Waals surface area contributed by atoms with Crippen molar-refractivity contribution in [3.05, 3.63) is 66.2 Å². The molecule has 194 valence electrons. The summed E-state index contributed by atoms with van der Waals surface area (Å²) < 4.78 is 15.5. The van der Waals surface area contributed by atoms with Gasteiger partial charge in [-0.3, -0.25) is 19.4 Å². The van der Waals surface area contributed by atoms with Gasteiger partial charge in [-0.25, -0.2) is 4.39 Å². The number of hydrogen-bond donors (Lipinski definition) is 1. The van der Waals surface area contributed by atoms with E-state index < -0.39 is 17.5 Å². The third-order valence-electron chi connectivity index (χ3n) is 7.75. The highest BCUT2D eigenvalue weighted by molar-refractivity contribution is 5.99. The topological polar surface area (TPSA) is 55.9 Å². The first-order chi connectivity index (χ1) is 17.2. The lowest BCUT2D eigenvalue weighted by molar-refractivity contribution is -0.126. The summed E-state index contributed by atoms with van der Waals surface area (Å²) in [6.45, 7) is 10.3. The Morgan fingerprint density at radius 1 is 0.972 bits per heavy atom. The number of carbonyl (C=O) groups is 2. The second kappa shape index (κ2) is 11.1. The van der Waals surface area contributed by atoms with Crippen molar-refractivity contribution in [3.8, 4) is 0 Å². The molecular weight excluding hydrogens is 455 g/mol. The smallest absolute Gasteiger partial charge is 0.247 e. The summed E-state index contributed by atoms with van der Waals surface area (Å²) in [5, 5.41) is 3.05. The molecule has 2 saturated heterocycles. The zero-order valence-corrected chi connectivity index (χ0v) is 21.9. The van der Waals surface area contributed by atoms with Gasteiger partial charge in [0.05, 0.1) is 12.8 Å². The van der Waals surface area contributed by atoms with Crippen LogP contribution in [0.4, 0.5) is 10.1 Å². The van der Waals surface area contributed by atoms with E-state index in [0.717, 1.165) is 5.69 Å². The average Bonchev–Trinajstić information content (AvgIpc) is 3.19. The lowest BCUT2D eigenvalue weighted by Crippen LogP contribution is -2.62. The highest BCUT2D eigenvalue weighted by Crippen LogP contribution is 2.37. The fourth-order valence-corrected chi connectivity index (χ4v) is 6.04. The fourth-order valence-electron chi connectivity index (χ4n) is 6.04. The number of nitrogens with one attached hydrogen (secondary N) is 1. The number of piperidine rings is 1. The zero-order valence-electron chi connectivity index (χ0n) is 21.9. The van der Waals surface area contributed by atoms with Crippen LogP contribution < -0.4 is 10.2 Å². The quantitative estimate of drug-likeness (QED) is 0.522. The van der Waals surface area contributed by atoms with Crippen LogP contribution in [-0.2, 0) is 4.79 Å². The van der Waals surface area contributed by atoms with Gasteiger partial charge in [0.15, 0.2) is 12.0 Å². The zero-order chi connectivity index (χ0) is 25.9. The predicted molar refractivity (Wildman–Crippen MR) is 142 cm³/mol. The molecule has 7 heteroatoms. The van der Waals surface area contributed by atoms with Gasteiger partial charge in [-0.2, -0.15) is 0 Å². The Balaban J connectivity index is 1.55. The summed E-state index contributed by atoms with van der Waals surface area (Å²) in [4.78, 5) is 32.8. The fraction of sp³-hybridized carbons (Fsp3) is 0.517. The van der Waals surface area contributed by atoms with Gasteiger partial charge in [-0.1, -0.05) is 48.5 Å². The van der Waals surface area contributed by atoms with Gasteiger partial charge in [0, 0.05) is 42.8 Å². The van der Waals surface area contributed by atoms with Crippen molar-refractivity contribution in [2.45, 2.75) is 76.9 Å². The Morgan fingerprint density at radius 2 is 1.53 bits per heavy atom. The Morgan fingerprint density at radius 3 is 2.08 bits per heavy atom. The number of hydrogen-bond acceptors (Lipinski definition) is 5. The number of amides is 1. The number of ketones is 1. The number of alkyl halides is 1. The van der Waals surface area contributed by atoms with Crippen LogP contribution in [0.1, 0.15) is 57.3 Å². The Labute approximate surface area is 214 Å². The van der Waals surface area contributed by atoms with Crippen LogP contribution in [0.25, 0.3) is 0 Å². The number of rotatable bonds is 9. The van der Waals surface area contributed by atoms with E-state index in [1.165, 1.54) is 0 Å². The Kier molecular flexibility index (Phi) is 8.10. The molecule has 2 heterocycles. The number of halogens is 1. The van der Waals surface area contributed by atoms with Crippen molar-refractivity contribution in [1.82, 2.24) is 15.1 Å². The van der Waals surface area contributed by atoms with Gasteiger partial charge in [0.1, 0.15) is 5.54 Å². The van der Waals surface area contributed by atoms with E-state index in [0.29, 0.717) is 38.2 Å². The largest absolute Gasteiger partial charge is 0.339 e. The first-order valence-electron chi connectivity index (χ1n) is 13.1. The van der Waals surface area contributed by atoms with Crippen molar-refractivity contribution < 1.29 is 14.0 Å². The molecule has 2 atom stereocenters. The molecule has 2 aromatic rings. The molecule has 1 spiro atoms. The summed E-state index contributed by atoms with van der Waals surface area (Å²) in [6.07, 6.45) is -0.426. The molecule has 0 bridgehead atoms. The molecular formula is C29H39FN4O2. The minimum Gasteiger partial charge on any atom is -0.339 e. The maximum Gasteiger partial charge on any atom is 0.247 e. The third kappa shape index (κ3) is 5.18. The lowest BCUT2D eigenvalue weighted by atomic mass is 9.85. The van der Waals surface area contributed by atoms with Crippen molar-refractivity contribution in [2.75, 3.05) is 24.7 Å². The SMILES string of the molecule is CC(C)N(C(C)C)C(CC(F)C(=O)c1ccccc1)N1CCC2(CC1)C(=O)NCN2c1ccccc1. The van der Waals surface area contributed by atoms with Crippen LogP contribution in [0.2, 0.25) is 0 Å². The molecule has 4 rings (SSSR count). The van der Waals surface area contributed by atoms with Gasteiger partial charge in [-0.05, 0) is 52.7 Å². The minimum absolute atomic E-state index is 0.0646. The van der Waals surface area contributed by atoms with Gasteiger partial charge in [0.25, 0.3) is 0 Å². The number of nitrogens with zero attached hydrogens (tertiary/aromatic N) is 3. The molecule has 36 heavy (non-hydrogen) atoms. The van der Waals surface area contributed by atoms with Crippen molar-refractivity contribution in [3.63, 3.8) is 0 Å². The summed E-state index contributed by atoms with van der Waals surface area (Å²) in [6, 6.07) is 19.1. The maximum atomic E-state index is 15.5. The van der Waals surface area contributed by atoms with Crippen LogP contribution in [0.3, 0.4) is 0 Å². The second-order valence-corrected chi connectivity index (χ2v) is 10.5. The minimum atomic E-state index is -1.59. The lowest BCUT2D eigenvalue weighted by Gasteiger charge is -2.50. The monoisotopic (exact) mass is 494 g/mol. The number of carbonyl (C=O) groups excluding carboxylic acids is 2. The van der Waals surface area contributed by atoms with Crippen molar-refractivity contribution in [2.24, 2.45) is 0 Å². The molecule has 1 N–H and O–H groups in total. The van der Waals surface area contributed by atoms with Crippen LogP contribution in [-0.4, -0.2) is 71.2 Å². The molecule has 2 aliphatic heterocycles. The van der Waals surface area contributed by atoms with Gasteiger partial charge < -0.3 is 10.2 Å².